The van der Waals surface area contributed by atoms with Gasteiger partial charge in [-0.05, 0) is 24.6 Å². The zero-order valence-corrected chi connectivity index (χ0v) is 12.0. The number of thioether (sulfide) groups is 1. The number of hydrogen-bond donors (Lipinski definition) is 1. The van der Waals surface area contributed by atoms with E-state index < -0.39 is 25.2 Å². The normalized spacial score (nSPS) is 14.9. The highest BCUT2D eigenvalue weighted by atomic mass is 32.2. The molecule has 0 bridgehead atoms. The van der Waals surface area contributed by atoms with Gasteiger partial charge >= 0.3 is 6.18 Å². The van der Waals surface area contributed by atoms with Gasteiger partial charge in [0.05, 0.1) is 11.4 Å². The van der Waals surface area contributed by atoms with E-state index in [0.717, 1.165) is 10.5 Å². The fraction of sp³-hybridized carbons (Fsp3) is 0.385. The highest BCUT2D eigenvalue weighted by Crippen LogP contribution is 2.35. The topological polar surface area (TPSA) is 49.4 Å². The fourth-order valence-electron chi connectivity index (χ4n) is 1.88. The van der Waals surface area contributed by atoms with Crippen molar-refractivity contribution in [1.82, 2.24) is 5.32 Å². The van der Waals surface area contributed by atoms with E-state index in [-0.39, 0.29) is 11.7 Å². The van der Waals surface area contributed by atoms with Crippen LogP contribution in [0.5, 0.6) is 0 Å². The Morgan fingerprint density at radius 2 is 2.14 bits per heavy atom. The van der Waals surface area contributed by atoms with Crippen molar-refractivity contribution in [3.05, 3.63) is 23.8 Å². The maximum Gasteiger partial charge on any atom is 0.405 e. The SMILES string of the molecule is Cc1ccc2c(c1)N(CC(=O)NCC(F)(F)F)C(=O)CS2. The molecule has 0 fully saturated rings. The van der Waals surface area contributed by atoms with Crippen LogP contribution in [-0.2, 0) is 9.59 Å². The molecule has 0 unspecified atom stereocenters. The third-order valence-electron chi connectivity index (χ3n) is 2.85. The molecule has 0 saturated heterocycles. The number of carbonyl (C=O) groups is 2. The largest absolute Gasteiger partial charge is 0.405 e. The summed E-state index contributed by atoms with van der Waals surface area (Å²) in [5.41, 5.74) is 1.48. The maximum absolute atomic E-state index is 12.1. The van der Waals surface area contributed by atoms with Crippen LogP contribution in [0.1, 0.15) is 5.56 Å². The highest BCUT2D eigenvalue weighted by Gasteiger charge is 2.30. The van der Waals surface area contributed by atoms with Crippen molar-refractivity contribution < 1.29 is 22.8 Å². The summed E-state index contributed by atoms with van der Waals surface area (Å²) in [7, 11) is 0. The van der Waals surface area contributed by atoms with Crippen molar-refractivity contribution in [3.63, 3.8) is 0 Å². The first kappa shape index (κ1) is 15.7. The molecule has 2 rings (SSSR count). The molecule has 114 valence electrons. The van der Waals surface area contributed by atoms with Crippen molar-refractivity contribution in [3.8, 4) is 0 Å². The first-order chi connectivity index (χ1) is 9.76. The van der Waals surface area contributed by atoms with Gasteiger partial charge in [-0.25, -0.2) is 0 Å². The Morgan fingerprint density at radius 1 is 1.43 bits per heavy atom. The summed E-state index contributed by atoms with van der Waals surface area (Å²) in [6.07, 6.45) is -4.47. The molecule has 21 heavy (non-hydrogen) atoms. The summed E-state index contributed by atoms with van der Waals surface area (Å²) in [6.45, 7) is 0.0289. The number of carbonyl (C=O) groups excluding carboxylic acids is 2. The smallest absolute Gasteiger partial charge is 0.345 e. The van der Waals surface area contributed by atoms with Crippen LogP contribution in [0.25, 0.3) is 0 Å². The van der Waals surface area contributed by atoms with Crippen molar-refractivity contribution >= 4 is 29.3 Å². The predicted molar refractivity (Wildman–Crippen MR) is 73.3 cm³/mol. The molecule has 0 aliphatic carbocycles. The van der Waals surface area contributed by atoms with Crippen LogP contribution in [0, 0.1) is 6.92 Å². The van der Waals surface area contributed by atoms with E-state index in [4.69, 9.17) is 0 Å². The van der Waals surface area contributed by atoms with Crippen LogP contribution in [-0.4, -0.2) is 36.8 Å². The number of hydrogen-bond acceptors (Lipinski definition) is 3. The molecular formula is C13H13F3N2O2S. The summed E-state index contributed by atoms with van der Waals surface area (Å²) in [4.78, 5) is 25.6. The zero-order chi connectivity index (χ0) is 15.6. The van der Waals surface area contributed by atoms with E-state index in [1.807, 2.05) is 19.1 Å². The third-order valence-corrected chi connectivity index (χ3v) is 3.89. The summed E-state index contributed by atoms with van der Waals surface area (Å²) >= 11 is 1.35. The Labute approximate surface area is 123 Å². The second-order valence-corrected chi connectivity index (χ2v) is 5.65. The Kier molecular flexibility index (Phi) is 4.46. The number of alkyl halides is 3. The summed E-state index contributed by atoms with van der Waals surface area (Å²) < 4.78 is 36.2. The number of fused-ring (bicyclic) bond motifs is 1. The van der Waals surface area contributed by atoms with Crippen LogP contribution < -0.4 is 10.2 Å². The van der Waals surface area contributed by atoms with Gasteiger partial charge < -0.3 is 10.2 Å². The van der Waals surface area contributed by atoms with Crippen LogP contribution in [0.2, 0.25) is 0 Å². The van der Waals surface area contributed by atoms with Gasteiger partial charge in [0, 0.05) is 4.90 Å². The third kappa shape index (κ3) is 4.13. The number of nitrogens with one attached hydrogen (secondary N) is 1. The molecule has 1 N–H and O–H groups in total. The second-order valence-electron chi connectivity index (χ2n) is 4.63. The Bertz CT molecular complexity index is 575. The lowest BCUT2D eigenvalue weighted by Crippen LogP contribution is -2.45. The van der Waals surface area contributed by atoms with E-state index in [9.17, 15) is 22.8 Å². The number of benzene rings is 1. The molecule has 0 spiro atoms. The molecule has 1 heterocycles. The molecule has 8 heteroatoms. The molecule has 1 aliphatic rings. The van der Waals surface area contributed by atoms with Gasteiger partial charge in [-0.2, -0.15) is 13.2 Å². The predicted octanol–water partition coefficient (Wildman–Crippen LogP) is 2.11. The van der Waals surface area contributed by atoms with Crippen molar-refractivity contribution in [2.75, 3.05) is 23.7 Å². The second kappa shape index (κ2) is 5.97. The number of halogens is 3. The lowest BCUT2D eigenvalue weighted by atomic mass is 10.2. The van der Waals surface area contributed by atoms with E-state index in [0.29, 0.717) is 5.69 Å². The quantitative estimate of drug-likeness (QED) is 0.929. The van der Waals surface area contributed by atoms with Gasteiger partial charge in [0.2, 0.25) is 11.8 Å². The summed E-state index contributed by atoms with van der Waals surface area (Å²) in [5.74, 6) is -0.955. The van der Waals surface area contributed by atoms with Crippen LogP contribution in [0.3, 0.4) is 0 Å². The monoisotopic (exact) mass is 318 g/mol. The lowest BCUT2D eigenvalue weighted by molar-refractivity contribution is -0.137. The van der Waals surface area contributed by atoms with E-state index in [1.165, 1.54) is 16.7 Å². The molecule has 4 nitrogen and oxygen atoms in total. The van der Waals surface area contributed by atoms with E-state index in [1.54, 1.807) is 11.4 Å². The Hall–Kier alpha value is -1.70. The van der Waals surface area contributed by atoms with Crippen LogP contribution in [0.15, 0.2) is 23.1 Å². The fourth-order valence-corrected chi connectivity index (χ4v) is 2.80. The number of aryl methyl sites for hydroxylation is 1. The van der Waals surface area contributed by atoms with E-state index >= 15 is 0 Å². The molecule has 1 aromatic carbocycles. The molecular weight excluding hydrogens is 305 g/mol. The zero-order valence-electron chi connectivity index (χ0n) is 11.2. The van der Waals surface area contributed by atoms with Gasteiger partial charge in [0.25, 0.3) is 0 Å². The Morgan fingerprint density at radius 3 is 2.81 bits per heavy atom. The number of rotatable bonds is 3. The summed E-state index contributed by atoms with van der Waals surface area (Å²) in [5, 5.41) is 1.77. The summed E-state index contributed by atoms with van der Waals surface area (Å²) in [6, 6.07) is 5.46. The molecule has 1 aromatic rings. The Balaban J connectivity index is 2.11. The van der Waals surface area contributed by atoms with Gasteiger partial charge in [0.15, 0.2) is 0 Å². The standard InChI is InChI=1S/C13H13F3N2O2S/c1-8-2-3-10-9(4-8)18(12(20)6-21-10)5-11(19)17-7-13(14,15)16/h2-4H,5-7H2,1H3,(H,17,19). The maximum atomic E-state index is 12.1. The minimum absolute atomic E-state index is 0.169. The van der Waals surface area contributed by atoms with Crippen LogP contribution in [0.4, 0.5) is 18.9 Å². The molecule has 0 atom stereocenters. The average molecular weight is 318 g/mol. The molecule has 1 aliphatic heterocycles. The van der Waals surface area contributed by atoms with Gasteiger partial charge in [0.1, 0.15) is 13.1 Å². The van der Waals surface area contributed by atoms with Crippen molar-refractivity contribution in [2.24, 2.45) is 0 Å². The average Bonchev–Trinajstić information content (AvgIpc) is 2.39. The first-order valence-electron chi connectivity index (χ1n) is 6.13. The first-order valence-corrected chi connectivity index (χ1v) is 7.12. The molecule has 0 saturated carbocycles. The highest BCUT2D eigenvalue weighted by molar-refractivity contribution is 8.00. The lowest BCUT2D eigenvalue weighted by Gasteiger charge is -2.28. The minimum atomic E-state index is -4.47. The van der Waals surface area contributed by atoms with Crippen LogP contribution >= 0.6 is 11.8 Å². The number of nitrogens with zero attached hydrogens (tertiary/aromatic N) is 1. The van der Waals surface area contributed by atoms with Gasteiger partial charge in [-0.1, -0.05) is 6.07 Å². The number of anilines is 1. The number of amides is 2. The molecule has 0 radical (unpaired) electrons. The molecule has 2 amide bonds. The van der Waals surface area contributed by atoms with Gasteiger partial charge in [-0.15, -0.1) is 11.8 Å². The minimum Gasteiger partial charge on any atom is -0.345 e. The van der Waals surface area contributed by atoms with Gasteiger partial charge in [-0.3, -0.25) is 9.59 Å². The molecule has 0 aromatic heterocycles. The van der Waals surface area contributed by atoms with Crippen molar-refractivity contribution in [1.29, 1.82) is 0 Å². The van der Waals surface area contributed by atoms with Crippen molar-refractivity contribution in [2.45, 2.75) is 18.0 Å². The van der Waals surface area contributed by atoms with E-state index in [2.05, 4.69) is 0 Å².